The van der Waals surface area contributed by atoms with Crippen LogP contribution in [0.15, 0.2) is 56.5 Å². The first kappa shape index (κ1) is 13.7. The first-order valence-electron chi connectivity index (χ1n) is 5.96. The third-order valence-corrected chi connectivity index (χ3v) is 2.74. The first-order chi connectivity index (χ1) is 9.56. The van der Waals surface area contributed by atoms with Gasteiger partial charge in [0.25, 0.3) is 11.1 Å². The third-order valence-electron chi connectivity index (χ3n) is 2.74. The van der Waals surface area contributed by atoms with Crippen LogP contribution in [0, 0.1) is 0 Å². The summed E-state index contributed by atoms with van der Waals surface area (Å²) in [6, 6.07) is 6.46. The van der Waals surface area contributed by atoms with Crippen molar-refractivity contribution in [1.29, 1.82) is 0 Å². The summed E-state index contributed by atoms with van der Waals surface area (Å²) >= 11 is 0. The number of hydrogen-bond donors (Lipinski definition) is 0. The quantitative estimate of drug-likeness (QED) is 0.603. The van der Waals surface area contributed by atoms with E-state index in [4.69, 9.17) is 0 Å². The lowest BCUT2D eigenvalue weighted by Crippen LogP contribution is -2.15. The van der Waals surface area contributed by atoms with Gasteiger partial charge < -0.3 is 9.13 Å². The molecule has 0 unspecified atom stereocenters. The minimum absolute atomic E-state index is 0.107. The van der Waals surface area contributed by atoms with Crippen LogP contribution >= 0.6 is 0 Å². The van der Waals surface area contributed by atoms with Gasteiger partial charge in [0.2, 0.25) is 0 Å². The van der Waals surface area contributed by atoms with Gasteiger partial charge in [-0.15, -0.1) is 0 Å². The zero-order chi connectivity index (χ0) is 14.5. The molecule has 2 aromatic rings. The van der Waals surface area contributed by atoms with Gasteiger partial charge in [-0.3, -0.25) is 9.59 Å². The Morgan fingerprint density at radius 2 is 1.25 bits per heavy atom. The van der Waals surface area contributed by atoms with E-state index in [9.17, 15) is 9.59 Å². The number of nitrogens with zero attached hydrogens (tertiary/aromatic N) is 4. The zero-order valence-electron chi connectivity index (χ0n) is 11.2. The maximum atomic E-state index is 11.4. The molecule has 0 aliphatic rings. The number of pyridine rings is 2. The summed E-state index contributed by atoms with van der Waals surface area (Å²) in [5.74, 6) is 0. The van der Waals surface area contributed by atoms with Crippen molar-refractivity contribution >= 4 is 12.4 Å². The number of rotatable bonds is 3. The molecule has 0 aliphatic carbocycles. The van der Waals surface area contributed by atoms with E-state index in [0.717, 1.165) is 0 Å². The molecule has 2 heterocycles. The lowest BCUT2D eigenvalue weighted by Gasteiger charge is -1.96. The third kappa shape index (κ3) is 3.38. The summed E-state index contributed by atoms with van der Waals surface area (Å²) in [4.78, 5) is 22.8. The fourth-order valence-electron chi connectivity index (χ4n) is 1.49. The molecule has 0 fully saturated rings. The highest BCUT2D eigenvalue weighted by Crippen LogP contribution is 1.92. The summed E-state index contributed by atoms with van der Waals surface area (Å²) in [7, 11) is 3.36. The van der Waals surface area contributed by atoms with Crippen molar-refractivity contribution in [3.05, 3.63) is 68.5 Å². The van der Waals surface area contributed by atoms with Crippen LogP contribution in [0.25, 0.3) is 0 Å². The molecule has 0 saturated carbocycles. The molecule has 0 N–H and O–H groups in total. The van der Waals surface area contributed by atoms with Crippen molar-refractivity contribution in [1.82, 2.24) is 9.13 Å². The molecule has 6 heteroatoms. The van der Waals surface area contributed by atoms with Gasteiger partial charge in [0.1, 0.15) is 0 Å². The molecule has 0 bridgehead atoms. The van der Waals surface area contributed by atoms with Crippen molar-refractivity contribution < 1.29 is 0 Å². The highest BCUT2D eigenvalue weighted by molar-refractivity contribution is 5.82. The maximum absolute atomic E-state index is 11.4. The van der Waals surface area contributed by atoms with E-state index in [0.29, 0.717) is 11.1 Å². The van der Waals surface area contributed by atoms with Crippen LogP contribution < -0.4 is 11.1 Å². The van der Waals surface area contributed by atoms with Gasteiger partial charge in [-0.25, -0.2) is 0 Å². The van der Waals surface area contributed by atoms with Gasteiger partial charge in [-0.1, -0.05) is 0 Å². The highest BCUT2D eigenvalue weighted by Gasteiger charge is 1.92. The van der Waals surface area contributed by atoms with Gasteiger partial charge in [0.15, 0.2) is 0 Å². The van der Waals surface area contributed by atoms with Gasteiger partial charge >= 0.3 is 0 Å². The summed E-state index contributed by atoms with van der Waals surface area (Å²) in [5.41, 5.74) is 1.14. The lowest BCUT2D eigenvalue weighted by molar-refractivity contribution is 0.859. The van der Waals surface area contributed by atoms with Crippen molar-refractivity contribution in [3.63, 3.8) is 0 Å². The second-order valence-electron chi connectivity index (χ2n) is 4.31. The molecule has 0 atom stereocenters. The molecule has 2 aromatic heterocycles. The van der Waals surface area contributed by atoms with E-state index in [1.807, 2.05) is 0 Å². The fraction of sp³-hybridized carbons (Fsp3) is 0.143. The van der Waals surface area contributed by atoms with E-state index in [1.54, 1.807) is 38.6 Å². The molecular weight excluding hydrogens is 256 g/mol. The largest absolute Gasteiger partial charge is 0.319 e. The SMILES string of the molecule is Cn1ccc(/C=N\N=C/c2ccn(C)c(=O)c2)cc1=O. The Labute approximate surface area is 115 Å². The van der Waals surface area contributed by atoms with Crippen LogP contribution in [0.4, 0.5) is 0 Å². The van der Waals surface area contributed by atoms with Crippen molar-refractivity contribution in [2.45, 2.75) is 0 Å². The van der Waals surface area contributed by atoms with E-state index in [-0.39, 0.29) is 11.1 Å². The molecule has 6 nitrogen and oxygen atoms in total. The van der Waals surface area contributed by atoms with Gasteiger partial charge in [-0.2, -0.15) is 10.2 Å². The number of aromatic nitrogens is 2. The predicted octanol–water partition coefficient (Wildman–Crippen LogP) is 0.537. The van der Waals surface area contributed by atoms with Crippen molar-refractivity contribution in [2.24, 2.45) is 24.3 Å². The monoisotopic (exact) mass is 270 g/mol. The molecule has 0 aliphatic heterocycles. The molecule has 0 radical (unpaired) electrons. The van der Waals surface area contributed by atoms with E-state index < -0.39 is 0 Å². The van der Waals surface area contributed by atoms with Gasteiger partial charge in [0.05, 0.1) is 12.4 Å². The van der Waals surface area contributed by atoms with Crippen LogP contribution in [0.1, 0.15) is 11.1 Å². The Hall–Kier alpha value is -2.76. The van der Waals surface area contributed by atoms with Crippen LogP contribution in [0.2, 0.25) is 0 Å². The zero-order valence-corrected chi connectivity index (χ0v) is 11.2. The normalized spacial score (nSPS) is 11.5. The number of aryl methyl sites for hydroxylation is 2. The topological polar surface area (TPSA) is 68.7 Å². The molecule has 0 amide bonds. The molecule has 2 rings (SSSR count). The molecule has 102 valence electrons. The van der Waals surface area contributed by atoms with E-state index in [2.05, 4.69) is 10.2 Å². The van der Waals surface area contributed by atoms with Crippen LogP contribution in [0.5, 0.6) is 0 Å². The first-order valence-corrected chi connectivity index (χ1v) is 5.96. The van der Waals surface area contributed by atoms with Crippen LogP contribution in [0.3, 0.4) is 0 Å². The average Bonchev–Trinajstić information content (AvgIpc) is 2.42. The molecule has 0 aromatic carbocycles. The Bertz CT molecular complexity index is 717. The second kappa shape index (κ2) is 5.92. The minimum Gasteiger partial charge on any atom is -0.319 e. The Kier molecular flexibility index (Phi) is 4.05. The maximum Gasteiger partial charge on any atom is 0.250 e. The molecule has 0 saturated heterocycles. The number of hydrogen-bond acceptors (Lipinski definition) is 4. The predicted molar refractivity (Wildman–Crippen MR) is 78.6 cm³/mol. The Balaban J connectivity index is 2.10. The van der Waals surface area contributed by atoms with Crippen LogP contribution in [-0.2, 0) is 14.1 Å². The van der Waals surface area contributed by atoms with Crippen molar-refractivity contribution in [2.75, 3.05) is 0 Å². The van der Waals surface area contributed by atoms with Gasteiger partial charge in [0, 0.05) is 49.7 Å². The fourth-order valence-corrected chi connectivity index (χ4v) is 1.49. The Morgan fingerprint density at radius 3 is 1.60 bits per heavy atom. The Morgan fingerprint density at radius 1 is 0.850 bits per heavy atom. The van der Waals surface area contributed by atoms with Crippen molar-refractivity contribution in [3.8, 4) is 0 Å². The summed E-state index contributed by atoms with van der Waals surface area (Å²) in [5, 5.41) is 7.69. The molecular formula is C14H14N4O2. The second-order valence-corrected chi connectivity index (χ2v) is 4.31. The molecule has 0 spiro atoms. The van der Waals surface area contributed by atoms with Gasteiger partial charge in [-0.05, 0) is 12.1 Å². The van der Waals surface area contributed by atoms with Crippen LogP contribution in [-0.4, -0.2) is 21.6 Å². The minimum atomic E-state index is -0.107. The van der Waals surface area contributed by atoms with E-state index in [1.165, 1.54) is 33.7 Å². The standard InChI is InChI=1S/C14H14N4O2/c1-17-5-3-11(7-13(17)19)9-15-16-10-12-4-6-18(2)14(20)8-12/h3-10H,1-2H3/b15-9-,16-10-. The molecule has 20 heavy (non-hydrogen) atoms. The highest BCUT2D eigenvalue weighted by atomic mass is 16.1. The lowest BCUT2D eigenvalue weighted by atomic mass is 10.3. The summed E-state index contributed by atoms with van der Waals surface area (Å²) < 4.78 is 2.95. The average molecular weight is 270 g/mol. The summed E-state index contributed by atoms with van der Waals surface area (Å²) in [6.07, 6.45) is 6.29. The summed E-state index contributed by atoms with van der Waals surface area (Å²) in [6.45, 7) is 0. The van der Waals surface area contributed by atoms with E-state index >= 15 is 0 Å². The smallest absolute Gasteiger partial charge is 0.250 e.